The Kier molecular flexibility index (Phi) is 5.31. The Morgan fingerprint density at radius 3 is 2.35 bits per heavy atom. The van der Waals surface area contributed by atoms with E-state index < -0.39 is 0 Å². The molecule has 0 fully saturated rings. The first-order valence-corrected chi connectivity index (χ1v) is 8.25. The van der Waals surface area contributed by atoms with Gasteiger partial charge < -0.3 is 24.1 Å². The predicted octanol–water partition coefficient (Wildman–Crippen LogP) is 2.98. The summed E-state index contributed by atoms with van der Waals surface area (Å²) in [6.07, 6.45) is 1.92. The van der Waals surface area contributed by atoms with E-state index in [9.17, 15) is 4.79 Å². The average Bonchev–Trinajstić information content (AvgIpc) is 3.08. The minimum atomic E-state index is -0.0693. The maximum absolute atomic E-state index is 12.3. The molecule has 1 aromatic heterocycles. The number of methoxy groups -OCH3 is 3. The predicted molar refractivity (Wildman–Crippen MR) is 99.9 cm³/mol. The van der Waals surface area contributed by atoms with Crippen molar-refractivity contribution in [3.8, 4) is 17.2 Å². The number of hydrogen-bond acceptors (Lipinski definition) is 4. The van der Waals surface area contributed by atoms with Crippen LogP contribution < -0.4 is 19.5 Å². The van der Waals surface area contributed by atoms with E-state index in [1.54, 1.807) is 21.3 Å². The molecule has 1 heterocycles. The summed E-state index contributed by atoms with van der Waals surface area (Å²) in [5.74, 6) is 1.59. The molecule has 0 unspecified atom stereocenters. The maximum Gasteiger partial charge on any atom is 0.240 e. The van der Waals surface area contributed by atoms with Crippen LogP contribution in [0.1, 0.15) is 5.56 Å². The lowest BCUT2D eigenvalue weighted by Crippen LogP contribution is -2.26. The van der Waals surface area contributed by atoms with Crippen molar-refractivity contribution < 1.29 is 19.0 Å². The molecule has 2 aromatic carbocycles. The van der Waals surface area contributed by atoms with E-state index in [0.29, 0.717) is 23.8 Å². The minimum Gasteiger partial charge on any atom is -0.493 e. The van der Waals surface area contributed by atoms with Gasteiger partial charge in [0.25, 0.3) is 0 Å². The summed E-state index contributed by atoms with van der Waals surface area (Å²) in [4.78, 5) is 12.3. The SMILES string of the molecule is COc1cc(CNC(=O)Cn2ccc3ccccc32)cc(OC)c1OC. The van der Waals surface area contributed by atoms with E-state index in [4.69, 9.17) is 14.2 Å². The highest BCUT2D eigenvalue weighted by Crippen LogP contribution is 2.38. The molecule has 0 saturated heterocycles. The first kappa shape index (κ1) is 17.7. The van der Waals surface area contributed by atoms with Crippen molar-refractivity contribution in [2.75, 3.05) is 21.3 Å². The van der Waals surface area contributed by atoms with Gasteiger partial charge in [0.2, 0.25) is 11.7 Å². The fourth-order valence-corrected chi connectivity index (χ4v) is 2.93. The Labute approximate surface area is 152 Å². The highest BCUT2D eigenvalue weighted by molar-refractivity contribution is 5.83. The molecule has 6 heteroatoms. The molecule has 0 aliphatic carbocycles. The molecule has 0 saturated carbocycles. The maximum atomic E-state index is 12.3. The van der Waals surface area contributed by atoms with Gasteiger partial charge in [-0.25, -0.2) is 0 Å². The van der Waals surface area contributed by atoms with Gasteiger partial charge in [-0.2, -0.15) is 0 Å². The lowest BCUT2D eigenvalue weighted by Gasteiger charge is -2.14. The van der Waals surface area contributed by atoms with Gasteiger partial charge in [-0.05, 0) is 35.2 Å². The molecule has 0 aliphatic heterocycles. The molecule has 0 radical (unpaired) electrons. The molecule has 0 spiro atoms. The van der Waals surface area contributed by atoms with Gasteiger partial charge in [0.15, 0.2) is 11.5 Å². The number of ether oxygens (including phenoxy) is 3. The van der Waals surface area contributed by atoms with Gasteiger partial charge >= 0.3 is 0 Å². The number of carbonyl (C=O) groups excluding carboxylic acids is 1. The summed E-state index contributed by atoms with van der Waals surface area (Å²) in [5.41, 5.74) is 1.90. The number of hydrogen-bond donors (Lipinski definition) is 1. The zero-order valence-electron chi connectivity index (χ0n) is 15.1. The summed E-state index contributed by atoms with van der Waals surface area (Å²) < 4.78 is 17.9. The number of carbonyl (C=O) groups is 1. The average molecular weight is 354 g/mol. The Balaban J connectivity index is 1.69. The van der Waals surface area contributed by atoms with E-state index in [-0.39, 0.29) is 12.5 Å². The summed E-state index contributed by atoms with van der Waals surface area (Å²) in [5, 5.41) is 4.05. The molecule has 0 atom stereocenters. The van der Waals surface area contributed by atoms with Gasteiger partial charge in [0.1, 0.15) is 6.54 Å². The van der Waals surface area contributed by atoms with Crippen LogP contribution in [0.3, 0.4) is 0 Å². The van der Waals surface area contributed by atoms with E-state index in [1.165, 1.54) is 0 Å². The zero-order valence-corrected chi connectivity index (χ0v) is 15.1. The number of fused-ring (bicyclic) bond motifs is 1. The fraction of sp³-hybridized carbons (Fsp3) is 0.250. The second-order valence-electron chi connectivity index (χ2n) is 5.81. The van der Waals surface area contributed by atoms with Crippen molar-refractivity contribution in [3.63, 3.8) is 0 Å². The molecular weight excluding hydrogens is 332 g/mol. The van der Waals surface area contributed by atoms with Crippen LogP contribution in [0.4, 0.5) is 0 Å². The Hall–Kier alpha value is -3.15. The topological polar surface area (TPSA) is 61.7 Å². The lowest BCUT2D eigenvalue weighted by molar-refractivity contribution is -0.121. The van der Waals surface area contributed by atoms with Crippen molar-refractivity contribution in [2.24, 2.45) is 0 Å². The molecule has 0 aliphatic rings. The van der Waals surface area contributed by atoms with Crippen molar-refractivity contribution in [1.29, 1.82) is 0 Å². The number of nitrogens with one attached hydrogen (secondary N) is 1. The third kappa shape index (κ3) is 3.59. The van der Waals surface area contributed by atoms with E-state index in [1.807, 2.05) is 53.2 Å². The second-order valence-corrected chi connectivity index (χ2v) is 5.81. The molecule has 136 valence electrons. The fourth-order valence-electron chi connectivity index (χ4n) is 2.93. The smallest absolute Gasteiger partial charge is 0.240 e. The highest BCUT2D eigenvalue weighted by atomic mass is 16.5. The van der Waals surface area contributed by atoms with Crippen molar-refractivity contribution in [2.45, 2.75) is 13.1 Å². The molecule has 6 nitrogen and oxygen atoms in total. The second kappa shape index (κ2) is 7.82. The van der Waals surface area contributed by atoms with Crippen LogP contribution in [0.25, 0.3) is 10.9 Å². The number of para-hydroxylation sites is 1. The first-order chi connectivity index (χ1) is 12.7. The number of benzene rings is 2. The van der Waals surface area contributed by atoms with Crippen LogP contribution >= 0.6 is 0 Å². The number of aromatic nitrogens is 1. The van der Waals surface area contributed by atoms with E-state index in [0.717, 1.165) is 16.5 Å². The van der Waals surface area contributed by atoms with Crippen LogP contribution in [0.2, 0.25) is 0 Å². The Morgan fingerprint density at radius 1 is 1.00 bits per heavy atom. The third-order valence-corrected chi connectivity index (χ3v) is 4.21. The van der Waals surface area contributed by atoms with E-state index in [2.05, 4.69) is 5.32 Å². The largest absolute Gasteiger partial charge is 0.493 e. The first-order valence-electron chi connectivity index (χ1n) is 8.25. The lowest BCUT2D eigenvalue weighted by atomic mass is 10.1. The zero-order chi connectivity index (χ0) is 18.5. The van der Waals surface area contributed by atoms with Gasteiger partial charge in [-0.1, -0.05) is 18.2 Å². The van der Waals surface area contributed by atoms with Crippen LogP contribution in [-0.2, 0) is 17.9 Å². The van der Waals surface area contributed by atoms with Crippen molar-refractivity contribution in [1.82, 2.24) is 9.88 Å². The van der Waals surface area contributed by atoms with Crippen LogP contribution in [0.5, 0.6) is 17.2 Å². The normalized spacial score (nSPS) is 10.6. The van der Waals surface area contributed by atoms with Crippen molar-refractivity contribution >= 4 is 16.8 Å². The van der Waals surface area contributed by atoms with Gasteiger partial charge in [0, 0.05) is 18.3 Å². The summed E-state index contributed by atoms with van der Waals surface area (Å²) in [6.45, 7) is 0.632. The summed E-state index contributed by atoms with van der Waals surface area (Å²) in [7, 11) is 4.69. The van der Waals surface area contributed by atoms with Crippen LogP contribution in [0.15, 0.2) is 48.7 Å². The quantitative estimate of drug-likeness (QED) is 0.709. The monoisotopic (exact) mass is 354 g/mol. The molecule has 3 aromatic rings. The standard InChI is InChI=1S/C20H22N2O4/c1-24-17-10-14(11-18(25-2)20(17)26-3)12-21-19(23)13-22-9-8-15-6-4-5-7-16(15)22/h4-11H,12-13H2,1-3H3,(H,21,23). The van der Waals surface area contributed by atoms with Crippen LogP contribution in [0, 0.1) is 0 Å². The van der Waals surface area contributed by atoms with Crippen LogP contribution in [-0.4, -0.2) is 31.8 Å². The minimum absolute atomic E-state index is 0.0693. The molecule has 26 heavy (non-hydrogen) atoms. The number of amides is 1. The molecule has 1 N–H and O–H groups in total. The molecular formula is C20H22N2O4. The Bertz CT molecular complexity index is 892. The summed E-state index contributed by atoms with van der Waals surface area (Å²) in [6, 6.07) is 13.6. The van der Waals surface area contributed by atoms with Gasteiger partial charge in [-0.15, -0.1) is 0 Å². The number of rotatable bonds is 7. The molecule has 1 amide bonds. The third-order valence-electron chi connectivity index (χ3n) is 4.21. The highest BCUT2D eigenvalue weighted by Gasteiger charge is 2.14. The van der Waals surface area contributed by atoms with Crippen molar-refractivity contribution in [3.05, 3.63) is 54.2 Å². The van der Waals surface area contributed by atoms with Gasteiger partial charge in [0.05, 0.1) is 21.3 Å². The van der Waals surface area contributed by atoms with E-state index >= 15 is 0 Å². The number of nitrogens with zero attached hydrogens (tertiary/aromatic N) is 1. The van der Waals surface area contributed by atoms with Gasteiger partial charge in [-0.3, -0.25) is 4.79 Å². The summed E-state index contributed by atoms with van der Waals surface area (Å²) >= 11 is 0. The molecule has 3 rings (SSSR count). The molecule has 0 bridgehead atoms. The Morgan fingerprint density at radius 2 is 1.69 bits per heavy atom.